The molecule has 0 saturated heterocycles. The summed E-state index contributed by atoms with van der Waals surface area (Å²) in [6.45, 7) is 0. The molecule has 0 amide bonds. The highest BCUT2D eigenvalue weighted by atomic mass is 15.2. The molecule has 0 bridgehead atoms. The fraction of sp³-hybridized carbons (Fsp3) is 0. The topological polar surface area (TPSA) is 16.3 Å². The smallest absolute Gasteiger partial charge is 0.0541 e. The third-order valence-corrected chi connectivity index (χ3v) is 18.1. The van der Waals surface area contributed by atoms with E-state index >= 15 is 0 Å². The minimum Gasteiger partial charge on any atom is -0.310 e. The van der Waals surface area contributed by atoms with Crippen molar-refractivity contribution in [1.29, 1.82) is 0 Å². The van der Waals surface area contributed by atoms with E-state index < -0.39 is 0 Å². The van der Waals surface area contributed by atoms with Gasteiger partial charge >= 0.3 is 0 Å². The molecule has 0 spiro atoms. The van der Waals surface area contributed by atoms with Gasteiger partial charge in [-0.1, -0.05) is 224 Å². The maximum atomic E-state index is 2.43. The van der Waals surface area contributed by atoms with E-state index in [1.54, 1.807) is 0 Å². The van der Waals surface area contributed by atoms with Gasteiger partial charge in [-0.25, -0.2) is 0 Å². The maximum Gasteiger partial charge on any atom is 0.0541 e. The van der Waals surface area contributed by atoms with E-state index in [0.717, 1.165) is 67.6 Å². The lowest BCUT2D eigenvalue weighted by Gasteiger charge is -2.30. The van der Waals surface area contributed by atoms with Crippen LogP contribution in [0.5, 0.6) is 0 Å². The lowest BCUT2D eigenvalue weighted by molar-refractivity contribution is 1.17. The Bertz CT molecular complexity index is 4970. The van der Waals surface area contributed by atoms with Gasteiger partial charge < -0.3 is 18.9 Å². The van der Waals surface area contributed by atoms with Crippen LogP contribution < -0.4 is 9.80 Å². The summed E-state index contributed by atoms with van der Waals surface area (Å²) in [4.78, 5) is 4.86. The third kappa shape index (κ3) is 9.17. The minimum absolute atomic E-state index is 1.03. The molecule has 0 atom stereocenters. The Kier molecular flexibility index (Phi) is 12.8. The van der Waals surface area contributed by atoms with Gasteiger partial charge in [-0.2, -0.15) is 0 Å². The van der Waals surface area contributed by atoms with E-state index in [1.165, 1.54) is 87.6 Å². The number of rotatable bonds is 12. The van der Waals surface area contributed by atoms with Crippen molar-refractivity contribution in [2.45, 2.75) is 0 Å². The van der Waals surface area contributed by atoms with Crippen LogP contribution in [-0.4, -0.2) is 9.13 Å². The van der Waals surface area contributed by atoms with E-state index in [2.05, 4.69) is 371 Å². The van der Waals surface area contributed by atoms with Gasteiger partial charge in [-0.15, -0.1) is 0 Å². The van der Waals surface area contributed by atoms with Gasteiger partial charge in [0.1, 0.15) is 0 Å². The number of hydrogen-bond donors (Lipinski definition) is 0. The fourth-order valence-electron chi connectivity index (χ4n) is 13.8. The van der Waals surface area contributed by atoms with E-state index in [0.29, 0.717) is 0 Å². The van der Waals surface area contributed by atoms with Gasteiger partial charge in [-0.3, -0.25) is 0 Å². The Morgan fingerprint density at radius 2 is 0.467 bits per heavy atom. The van der Waals surface area contributed by atoms with Crippen molar-refractivity contribution >= 4 is 99.3 Å². The zero-order chi connectivity index (χ0) is 59.5. The summed E-state index contributed by atoms with van der Waals surface area (Å²) < 4.78 is 4.86. The van der Waals surface area contributed by atoms with Gasteiger partial charge in [0.05, 0.1) is 33.4 Å². The zero-order valence-corrected chi connectivity index (χ0v) is 49.3. The largest absolute Gasteiger partial charge is 0.310 e. The summed E-state index contributed by atoms with van der Waals surface area (Å²) in [5.41, 5.74) is 22.8. The molecule has 4 nitrogen and oxygen atoms in total. The number of benzene rings is 15. The number of nitrogens with zero attached hydrogens (tertiary/aromatic N) is 4. The van der Waals surface area contributed by atoms with Crippen LogP contribution in [0.25, 0.3) is 121 Å². The minimum atomic E-state index is 1.03. The molecule has 15 aromatic carbocycles. The van der Waals surface area contributed by atoms with Crippen LogP contribution >= 0.6 is 0 Å². The lowest BCUT2D eigenvalue weighted by atomic mass is 10.0. The number of hydrogen-bond acceptors (Lipinski definition) is 2. The Hall–Kier alpha value is -12.0. The predicted octanol–water partition coefficient (Wildman–Crippen LogP) is 23.8. The van der Waals surface area contributed by atoms with E-state index in [4.69, 9.17) is 0 Å². The van der Waals surface area contributed by atoms with Crippen LogP contribution in [0.3, 0.4) is 0 Å². The fourth-order valence-corrected chi connectivity index (χ4v) is 13.8. The first-order valence-corrected chi connectivity index (χ1v) is 30.9. The Labute approximate surface area is 522 Å². The second kappa shape index (κ2) is 22.1. The second-order valence-corrected chi connectivity index (χ2v) is 23.3. The van der Waals surface area contributed by atoms with Crippen molar-refractivity contribution < 1.29 is 0 Å². The van der Waals surface area contributed by atoms with Gasteiger partial charge in [0.2, 0.25) is 0 Å². The van der Waals surface area contributed by atoms with Crippen LogP contribution in [0.1, 0.15) is 0 Å². The van der Waals surface area contributed by atoms with Crippen molar-refractivity contribution in [3.63, 3.8) is 0 Å². The first-order chi connectivity index (χ1) is 44.6. The molecule has 0 N–H and O–H groups in total. The molecule has 0 aliphatic carbocycles. The summed E-state index contributed by atoms with van der Waals surface area (Å²) >= 11 is 0. The Morgan fingerprint density at radius 1 is 0.178 bits per heavy atom. The molecule has 0 radical (unpaired) electrons. The molecular formula is C86H58N4. The molecule has 4 heteroatoms. The van der Waals surface area contributed by atoms with Crippen LogP contribution in [0.2, 0.25) is 0 Å². The molecule has 17 rings (SSSR count). The van der Waals surface area contributed by atoms with Crippen molar-refractivity contribution in [1.82, 2.24) is 9.13 Å². The highest BCUT2D eigenvalue weighted by molar-refractivity contribution is 6.13. The molecule has 0 saturated carbocycles. The van der Waals surface area contributed by atoms with Crippen molar-refractivity contribution in [3.8, 4) is 55.9 Å². The highest BCUT2D eigenvalue weighted by Crippen LogP contribution is 2.46. The van der Waals surface area contributed by atoms with Crippen molar-refractivity contribution in [2.75, 3.05) is 9.80 Å². The number of aromatic nitrogens is 2. The highest BCUT2D eigenvalue weighted by Gasteiger charge is 2.23. The first-order valence-electron chi connectivity index (χ1n) is 30.9. The standard InChI is InChI=1S/C86H58N4/c1-5-20-59(21-6-1)65-38-50-83-77(54-65)78-55-66(60-22-7-2-8-23-60)39-51-84(78)89(83)71-46-42-69(43-47-71)87(81-36-17-30-63-28-13-15-34-75(63)81)73-32-19-33-74(58-73)88(82-37-18-31-64-29-14-16-35-76(64)82)70-44-48-72(49-45-70)90-85-52-40-67(61-24-9-3-10-25-61)56-79(85)80-57-68(41-53-86(80)90)62-26-11-4-12-27-62/h1-58H. The molecule has 2 aromatic heterocycles. The first kappa shape index (κ1) is 52.4. The maximum absolute atomic E-state index is 2.43. The molecule has 0 aliphatic rings. The molecule has 90 heavy (non-hydrogen) atoms. The van der Waals surface area contributed by atoms with Gasteiger partial charge in [0, 0.05) is 66.4 Å². The van der Waals surface area contributed by atoms with E-state index in [-0.39, 0.29) is 0 Å². The van der Waals surface area contributed by atoms with Crippen molar-refractivity contribution in [3.05, 3.63) is 352 Å². The molecular weight excluding hydrogens is 1090 g/mol. The average molecular weight is 1150 g/mol. The average Bonchev–Trinajstić information content (AvgIpc) is 1.67. The summed E-state index contributed by atoms with van der Waals surface area (Å²) in [5.74, 6) is 0. The monoisotopic (exact) mass is 1150 g/mol. The van der Waals surface area contributed by atoms with E-state index in [9.17, 15) is 0 Å². The van der Waals surface area contributed by atoms with Crippen LogP contribution in [-0.2, 0) is 0 Å². The summed E-state index contributed by atoms with van der Waals surface area (Å²) in [6, 6.07) is 129. The third-order valence-electron chi connectivity index (χ3n) is 18.1. The van der Waals surface area contributed by atoms with Crippen LogP contribution in [0.4, 0.5) is 34.1 Å². The normalized spacial score (nSPS) is 11.6. The molecule has 422 valence electrons. The Balaban J connectivity index is 0.802. The van der Waals surface area contributed by atoms with Gasteiger partial charge in [0.25, 0.3) is 0 Å². The number of fused-ring (bicyclic) bond motifs is 8. The predicted molar refractivity (Wildman–Crippen MR) is 381 cm³/mol. The van der Waals surface area contributed by atoms with Crippen molar-refractivity contribution in [2.24, 2.45) is 0 Å². The molecule has 0 aliphatic heterocycles. The van der Waals surface area contributed by atoms with Crippen LogP contribution in [0, 0.1) is 0 Å². The molecule has 2 heterocycles. The van der Waals surface area contributed by atoms with E-state index in [1.807, 2.05) is 0 Å². The summed E-state index contributed by atoms with van der Waals surface area (Å²) in [7, 11) is 0. The molecule has 17 aromatic rings. The SMILES string of the molecule is c1ccc(-c2ccc3c(c2)c2cc(-c4ccccc4)ccc2n3-c2ccc(N(c3cccc(N(c4ccc(-n5c6ccc(-c7ccccc7)cc6c6cc(-c7ccccc7)ccc65)cc4)c4cccc5ccccc45)c3)c3cccc4ccccc34)cc2)cc1. The van der Waals surface area contributed by atoms with Crippen LogP contribution in [0.15, 0.2) is 352 Å². The summed E-state index contributed by atoms with van der Waals surface area (Å²) in [6.07, 6.45) is 0. The second-order valence-electron chi connectivity index (χ2n) is 23.3. The van der Waals surface area contributed by atoms with Gasteiger partial charge in [-0.05, 0) is 183 Å². The molecule has 0 fully saturated rings. The Morgan fingerprint density at radius 3 is 0.800 bits per heavy atom. The number of anilines is 6. The molecule has 0 unspecified atom stereocenters. The van der Waals surface area contributed by atoms with Gasteiger partial charge in [0.15, 0.2) is 0 Å². The zero-order valence-electron chi connectivity index (χ0n) is 49.3. The summed E-state index contributed by atoms with van der Waals surface area (Å²) in [5, 5.41) is 9.56. The quantitative estimate of drug-likeness (QED) is 0.121. The lowest BCUT2D eigenvalue weighted by Crippen LogP contribution is -2.14.